The van der Waals surface area contributed by atoms with Gasteiger partial charge in [0.25, 0.3) is 0 Å². The standard InChI is InChI=1S/C16H24ClN3O/c1-13(11-14-5-2-3-6-15(14)17)19-16(21)12-20-9-4-7-18-8-10-20/h2-3,5-6,13,18H,4,7-12H2,1H3,(H,19,21). The second-order valence-electron chi connectivity index (χ2n) is 5.64. The lowest BCUT2D eigenvalue weighted by molar-refractivity contribution is -0.122. The zero-order valence-electron chi connectivity index (χ0n) is 12.6. The molecule has 1 aromatic rings. The molecule has 1 aliphatic rings. The van der Waals surface area contributed by atoms with E-state index < -0.39 is 0 Å². The van der Waals surface area contributed by atoms with Crippen LogP contribution in [0.15, 0.2) is 24.3 Å². The van der Waals surface area contributed by atoms with Crippen LogP contribution in [0.2, 0.25) is 5.02 Å². The van der Waals surface area contributed by atoms with E-state index in [2.05, 4.69) is 15.5 Å². The quantitative estimate of drug-likeness (QED) is 0.870. The lowest BCUT2D eigenvalue weighted by atomic mass is 10.1. The van der Waals surface area contributed by atoms with Gasteiger partial charge in [0.05, 0.1) is 6.54 Å². The van der Waals surface area contributed by atoms with E-state index in [1.54, 1.807) is 0 Å². The third kappa shape index (κ3) is 5.65. The van der Waals surface area contributed by atoms with Crippen molar-refractivity contribution in [2.24, 2.45) is 0 Å². The fourth-order valence-corrected chi connectivity index (χ4v) is 2.84. The largest absolute Gasteiger partial charge is 0.352 e. The summed E-state index contributed by atoms with van der Waals surface area (Å²) in [5.74, 6) is 0.0939. The second kappa shape index (κ2) is 8.37. The summed E-state index contributed by atoms with van der Waals surface area (Å²) >= 11 is 6.15. The summed E-state index contributed by atoms with van der Waals surface area (Å²) in [6.45, 7) is 6.43. The molecule has 2 rings (SSSR count). The molecule has 116 valence electrons. The van der Waals surface area contributed by atoms with Gasteiger partial charge >= 0.3 is 0 Å². The molecule has 1 unspecified atom stereocenters. The topological polar surface area (TPSA) is 44.4 Å². The average molecular weight is 310 g/mol. The van der Waals surface area contributed by atoms with Crippen LogP contribution in [0.5, 0.6) is 0 Å². The number of hydrogen-bond acceptors (Lipinski definition) is 3. The maximum absolute atomic E-state index is 12.1. The Bertz CT molecular complexity index is 459. The number of nitrogens with zero attached hydrogens (tertiary/aromatic N) is 1. The van der Waals surface area contributed by atoms with Gasteiger partial charge < -0.3 is 10.6 Å². The number of amides is 1. The first kappa shape index (κ1) is 16.3. The van der Waals surface area contributed by atoms with Crippen molar-refractivity contribution >= 4 is 17.5 Å². The van der Waals surface area contributed by atoms with Crippen LogP contribution in [0, 0.1) is 0 Å². The van der Waals surface area contributed by atoms with Crippen LogP contribution >= 0.6 is 11.6 Å². The summed E-state index contributed by atoms with van der Waals surface area (Å²) in [5.41, 5.74) is 1.07. The van der Waals surface area contributed by atoms with Crippen molar-refractivity contribution in [3.63, 3.8) is 0 Å². The molecule has 0 aromatic heterocycles. The van der Waals surface area contributed by atoms with Gasteiger partial charge in [0.1, 0.15) is 0 Å². The van der Waals surface area contributed by atoms with Gasteiger partial charge in [-0.05, 0) is 44.5 Å². The van der Waals surface area contributed by atoms with Crippen LogP contribution < -0.4 is 10.6 Å². The number of hydrogen-bond donors (Lipinski definition) is 2. The zero-order valence-corrected chi connectivity index (χ0v) is 13.3. The first-order chi connectivity index (χ1) is 10.1. The van der Waals surface area contributed by atoms with Crippen molar-refractivity contribution in [1.82, 2.24) is 15.5 Å². The van der Waals surface area contributed by atoms with Crippen molar-refractivity contribution in [2.45, 2.75) is 25.8 Å². The molecule has 1 fully saturated rings. The molecule has 1 heterocycles. The molecule has 2 N–H and O–H groups in total. The summed E-state index contributed by atoms with van der Waals surface area (Å²) in [7, 11) is 0. The number of halogens is 1. The molecule has 21 heavy (non-hydrogen) atoms. The highest BCUT2D eigenvalue weighted by Gasteiger charge is 2.15. The molecular weight excluding hydrogens is 286 g/mol. The van der Waals surface area contributed by atoms with Gasteiger partial charge in [-0.15, -0.1) is 0 Å². The summed E-state index contributed by atoms with van der Waals surface area (Å²) < 4.78 is 0. The first-order valence-corrected chi connectivity index (χ1v) is 7.99. The minimum atomic E-state index is 0.0857. The van der Waals surface area contributed by atoms with Crippen LogP contribution in [0.3, 0.4) is 0 Å². The van der Waals surface area contributed by atoms with Crippen LogP contribution in [-0.2, 0) is 11.2 Å². The molecule has 1 saturated heterocycles. The smallest absolute Gasteiger partial charge is 0.234 e. The predicted octanol–water partition coefficient (Wildman–Crippen LogP) is 1.68. The fraction of sp³-hybridized carbons (Fsp3) is 0.562. The monoisotopic (exact) mass is 309 g/mol. The van der Waals surface area contributed by atoms with E-state index in [-0.39, 0.29) is 11.9 Å². The number of rotatable bonds is 5. The first-order valence-electron chi connectivity index (χ1n) is 7.61. The van der Waals surface area contributed by atoms with Gasteiger partial charge in [-0.3, -0.25) is 9.69 Å². The number of nitrogens with one attached hydrogen (secondary N) is 2. The molecule has 1 aliphatic heterocycles. The zero-order chi connectivity index (χ0) is 15.1. The van der Waals surface area contributed by atoms with Crippen LogP contribution in [-0.4, -0.2) is 49.6 Å². The lowest BCUT2D eigenvalue weighted by Crippen LogP contribution is -2.42. The van der Waals surface area contributed by atoms with Crippen molar-refractivity contribution in [3.8, 4) is 0 Å². The second-order valence-corrected chi connectivity index (χ2v) is 6.05. The minimum Gasteiger partial charge on any atom is -0.352 e. The van der Waals surface area contributed by atoms with Crippen molar-refractivity contribution in [2.75, 3.05) is 32.7 Å². The highest BCUT2D eigenvalue weighted by Crippen LogP contribution is 2.16. The predicted molar refractivity (Wildman–Crippen MR) is 86.7 cm³/mol. The molecule has 0 saturated carbocycles. The maximum atomic E-state index is 12.1. The Balaban J connectivity index is 1.77. The molecule has 1 aromatic carbocycles. The van der Waals surface area contributed by atoms with Crippen LogP contribution in [0.1, 0.15) is 18.9 Å². The van der Waals surface area contributed by atoms with Gasteiger partial charge in [0, 0.05) is 24.2 Å². The van der Waals surface area contributed by atoms with Gasteiger partial charge in [0.2, 0.25) is 5.91 Å². The van der Waals surface area contributed by atoms with E-state index in [4.69, 9.17) is 11.6 Å². The number of benzene rings is 1. The lowest BCUT2D eigenvalue weighted by Gasteiger charge is -2.21. The molecular formula is C16H24ClN3O. The summed E-state index contributed by atoms with van der Waals surface area (Å²) in [5, 5.41) is 7.17. The van der Waals surface area contributed by atoms with E-state index in [0.717, 1.165) is 49.6 Å². The summed E-state index contributed by atoms with van der Waals surface area (Å²) in [6, 6.07) is 7.87. The van der Waals surface area contributed by atoms with E-state index in [9.17, 15) is 4.79 Å². The molecule has 5 heteroatoms. The molecule has 1 atom stereocenters. The Labute approximate surface area is 131 Å². The van der Waals surface area contributed by atoms with Crippen molar-refractivity contribution in [1.29, 1.82) is 0 Å². The maximum Gasteiger partial charge on any atom is 0.234 e. The van der Waals surface area contributed by atoms with Crippen molar-refractivity contribution < 1.29 is 4.79 Å². The van der Waals surface area contributed by atoms with Gasteiger partial charge in [-0.25, -0.2) is 0 Å². The van der Waals surface area contributed by atoms with Gasteiger partial charge in [-0.2, -0.15) is 0 Å². The third-order valence-corrected chi connectivity index (χ3v) is 4.06. The van der Waals surface area contributed by atoms with Gasteiger partial charge in [-0.1, -0.05) is 29.8 Å². The molecule has 4 nitrogen and oxygen atoms in total. The molecule has 0 aliphatic carbocycles. The van der Waals surface area contributed by atoms with E-state index >= 15 is 0 Å². The third-order valence-electron chi connectivity index (χ3n) is 3.69. The molecule has 1 amide bonds. The molecule has 0 radical (unpaired) electrons. The minimum absolute atomic E-state index is 0.0857. The summed E-state index contributed by atoms with van der Waals surface area (Å²) in [6.07, 6.45) is 1.86. The Morgan fingerprint density at radius 2 is 2.19 bits per heavy atom. The van der Waals surface area contributed by atoms with Gasteiger partial charge in [0.15, 0.2) is 0 Å². The highest BCUT2D eigenvalue weighted by atomic mass is 35.5. The Hall–Kier alpha value is -1.10. The van der Waals surface area contributed by atoms with Crippen LogP contribution in [0.4, 0.5) is 0 Å². The van der Waals surface area contributed by atoms with E-state index in [1.165, 1.54) is 0 Å². The van der Waals surface area contributed by atoms with E-state index in [0.29, 0.717) is 6.54 Å². The molecule has 0 bridgehead atoms. The van der Waals surface area contributed by atoms with Crippen molar-refractivity contribution in [3.05, 3.63) is 34.9 Å². The fourth-order valence-electron chi connectivity index (χ4n) is 2.63. The summed E-state index contributed by atoms with van der Waals surface area (Å²) in [4.78, 5) is 14.3. The molecule has 0 spiro atoms. The Morgan fingerprint density at radius 1 is 1.38 bits per heavy atom. The number of carbonyl (C=O) groups is 1. The Kier molecular flexibility index (Phi) is 6.49. The number of carbonyl (C=O) groups excluding carboxylic acids is 1. The van der Waals surface area contributed by atoms with Crippen LogP contribution in [0.25, 0.3) is 0 Å². The highest BCUT2D eigenvalue weighted by molar-refractivity contribution is 6.31. The van der Waals surface area contributed by atoms with E-state index in [1.807, 2.05) is 31.2 Å². The average Bonchev–Trinajstić information content (AvgIpc) is 2.69. The SMILES string of the molecule is CC(Cc1ccccc1Cl)NC(=O)CN1CCCNCC1. The Morgan fingerprint density at radius 3 is 3.00 bits per heavy atom. The normalized spacial score (nSPS) is 18.0.